The Labute approximate surface area is 204 Å². The summed E-state index contributed by atoms with van der Waals surface area (Å²) in [4.78, 5) is 22.5. The lowest BCUT2D eigenvalue weighted by Gasteiger charge is -2.56. The van der Waals surface area contributed by atoms with Gasteiger partial charge in [0.25, 0.3) is 5.91 Å². The van der Waals surface area contributed by atoms with Gasteiger partial charge >= 0.3 is 0 Å². The van der Waals surface area contributed by atoms with Crippen LogP contribution in [-0.4, -0.2) is 27.9 Å². The van der Waals surface area contributed by atoms with Crippen LogP contribution in [0.1, 0.15) is 65.0 Å². The number of benzene rings is 1. The Morgan fingerprint density at radius 2 is 1.82 bits per heavy atom. The summed E-state index contributed by atoms with van der Waals surface area (Å²) in [5, 5.41) is 4.45. The van der Waals surface area contributed by atoms with E-state index in [4.69, 9.17) is 10.7 Å². The van der Waals surface area contributed by atoms with Crippen molar-refractivity contribution in [2.75, 3.05) is 12.3 Å². The van der Waals surface area contributed by atoms with Crippen LogP contribution in [0.5, 0.6) is 0 Å². The normalized spacial score (nSPS) is 29.9. The number of nitrogen functional groups attached to an aromatic ring is 1. The fraction of sp³-hybridized carbons (Fsp3) is 0.500. The molecule has 4 aliphatic carbocycles. The van der Waals surface area contributed by atoms with Crippen molar-refractivity contribution < 1.29 is 4.79 Å². The molecular weight excluding hydrogens is 440 g/mol. The van der Waals surface area contributed by atoms with E-state index in [1.54, 1.807) is 0 Å². The number of aromatic nitrogens is 1. The molecule has 4 saturated carbocycles. The average Bonchev–Trinajstić information content (AvgIpc) is 3.13. The molecule has 3 heterocycles. The number of rotatable bonds is 4. The highest BCUT2D eigenvalue weighted by Crippen LogP contribution is 2.55. The van der Waals surface area contributed by atoms with Crippen LogP contribution in [0.15, 0.2) is 36.4 Å². The Morgan fingerprint density at radius 3 is 2.53 bits per heavy atom. The zero-order valence-corrected chi connectivity index (χ0v) is 20.4. The molecule has 1 amide bonds. The third-order valence-electron chi connectivity index (χ3n) is 8.82. The molecule has 3 N–H and O–H groups in total. The van der Waals surface area contributed by atoms with Gasteiger partial charge in [-0.15, -0.1) is 11.3 Å². The summed E-state index contributed by atoms with van der Waals surface area (Å²) in [6.07, 6.45) is 8.51. The number of nitrogens with zero attached hydrogens (tertiary/aromatic N) is 2. The van der Waals surface area contributed by atoms with Gasteiger partial charge in [0.15, 0.2) is 0 Å². The maximum Gasteiger partial charge on any atom is 0.264 e. The van der Waals surface area contributed by atoms with Gasteiger partial charge in [0, 0.05) is 42.7 Å². The van der Waals surface area contributed by atoms with Crippen molar-refractivity contribution in [3.8, 4) is 0 Å². The molecule has 6 heteroatoms. The summed E-state index contributed by atoms with van der Waals surface area (Å²) in [7, 11) is 0. The molecule has 8 rings (SSSR count). The fourth-order valence-corrected chi connectivity index (χ4v) is 8.75. The van der Waals surface area contributed by atoms with Crippen molar-refractivity contribution in [1.29, 1.82) is 0 Å². The maximum atomic E-state index is 13.5. The predicted molar refractivity (Wildman–Crippen MR) is 137 cm³/mol. The summed E-state index contributed by atoms with van der Waals surface area (Å²) >= 11 is 1.48. The summed E-state index contributed by atoms with van der Waals surface area (Å²) in [6.45, 7) is 2.81. The highest BCUT2D eigenvalue weighted by Gasteiger charge is 2.51. The first-order valence-corrected chi connectivity index (χ1v) is 13.6. The Kier molecular flexibility index (Phi) is 4.78. The van der Waals surface area contributed by atoms with E-state index in [-0.39, 0.29) is 11.4 Å². The van der Waals surface area contributed by atoms with Crippen LogP contribution in [0.25, 0.3) is 10.2 Å². The smallest absolute Gasteiger partial charge is 0.264 e. The quantitative estimate of drug-likeness (QED) is 0.552. The molecule has 0 unspecified atom stereocenters. The van der Waals surface area contributed by atoms with Gasteiger partial charge in [-0.1, -0.05) is 30.3 Å². The third kappa shape index (κ3) is 3.54. The van der Waals surface area contributed by atoms with E-state index in [0.29, 0.717) is 10.6 Å². The molecule has 4 bridgehead atoms. The topological polar surface area (TPSA) is 71.2 Å². The van der Waals surface area contributed by atoms with Crippen molar-refractivity contribution in [2.24, 2.45) is 17.8 Å². The number of carbonyl (C=O) groups is 1. The number of hydrogen-bond acceptors (Lipinski definition) is 5. The molecule has 0 radical (unpaired) electrons. The lowest BCUT2D eigenvalue weighted by atomic mass is 9.53. The van der Waals surface area contributed by atoms with E-state index < -0.39 is 0 Å². The zero-order chi connectivity index (χ0) is 22.9. The Balaban J connectivity index is 1.14. The summed E-state index contributed by atoms with van der Waals surface area (Å²) in [5.41, 5.74) is 10.9. The van der Waals surface area contributed by atoms with E-state index in [2.05, 4.69) is 46.6 Å². The SMILES string of the molecule is Nc1c(C(=O)NC23CC4CC(CC(C4)C2)C3)sc2nc3c(cc12)CN(Cc1ccccc1)CC3. The van der Waals surface area contributed by atoms with E-state index in [0.717, 1.165) is 79.0 Å². The molecule has 176 valence electrons. The van der Waals surface area contributed by atoms with Gasteiger partial charge in [-0.05, 0) is 73.5 Å². The van der Waals surface area contributed by atoms with Crippen LogP contribution in [0.3, 0.4) is 0 Å². The van der Waals surface area contributed by atoms with Crippen LogP contribution < -0.4 is 11.1 Å². The van der Waals surface area contributed by atoms with Gasteiger partial charge in [-0.2, -0.15) is 0 Å². The van der Waals surface area contributed by atoms with Gasteiger partial charge in [-0.3, -0.25) is 9.69 Å². The van der Waals surface area contributed by atoms with Crippen LogP contribution in [0.4, 0.5) is 5.69 Å². The minimum atomic E-state index is -0.000939. The highest BCUT2D eigenvalue weighted by molar-refractivity contribution is 7.21. The molecule has 5 aliphatic rings. The van der Waals surface area contributed by atoms with Crippen molar-refractivity contribution in [2.45, 2.75) is 63.6 Å². The summed E-state index contributed by atoms with van der Waals surface area (Å²) in [6, 6.07) is 12.8. The zero-order valence-electron chi connectivity index (χ0n) is 19.6. The van der Waals surface area contributed by atoms with Crippen LogP contribution in [0, 0.1) is 17.8 Å². The van der Waals surface area contributed by atoms with Crippen molar-refractivity contribution >= 4 is 33.1 Å². The van der Waals surface area contributed by atoms with Gasteiger partial charge in [0.05, 0.1) is 5.69 Å². The largest absolute Gasteiger partial charge is 0.397 e. The van der Waals surface area contributed by atoms with Crippen molar-refractivity contribution in [3.63, 3.8) is 0 Å². The van der Waals surface area contributed by atoms with E-state index >= 15 is 0 Å². The fourth-order valence-electron chi connectivity index (χ4n) is 7.76. The van der Waals surface area contributed by atoms with Crippen molar-refractivity contribution in [1.82, 2.24) is 15.2 Å². The molecule has 34 heavy (non-hydrogen) atoms. The highest BCUT2D eigenvalue weighted by atomic mass is 32.1. The number of hydrogen-bond donors (Lipinski definition) is 2. The molecule has 0 spiro atoms. The molecule has 4 fully saturated rings. The number of amides is 1. The Morgan fingerprint density at radius 1 is 1.12 bits per heavy atom. The number of anilines is 1. The number of nitrogens with one attached hydrogen (secondary N) is 1. The van der Waals surface area contributed by atoms with E-state index in [1.807, 2.05) is 0 Å². The predicted octanol–water partition coefficient (Wildman–Crippen LogP) is 5.14. The second kappa shape index (κ2) is 7.79. The summed E-state index contributed by atoms with van der Waals surface area (Å²) in [5.74, 6) is 2.43. The number of fused-ring (bicyclic) bond motifs is 2. The molecule has 1 aromatic carbocycles. The number of nitrogens with two attached hydrogens (primary N) is 1. The average molecular weight is 473 g/mol. The van der Waals surface area contributed by atoms with Crippen molar-refractivity contribution in [3.05, 3.63) is 58.1 Å². The molecular formula is C28H32N4OS. The van der Waals surface area contributed by atoms with Gasteiger partial charge in [0.1, 0.15) is 9.71 Å². The lowest BCUT2D eigenvalue weighted by Crippen LogP contribution is -2.59. The first kappa shape index (κ1) is 20.9. The van der Waals surface area contributed by atoms with E-state index in [1.165, 1.54) is 41.7 Å². The summed E-state index contributed by atoms with van der Waals surface area (Å²) < 4.78 is 0. The standard InChI is InChI=1S/C28H32N4OS/c29-24-22-11-21-16-32(15-17-4-2-1-3-5-17)7-6-23(21)30-27(22)34-25(24)26(33)31-28-12-18-8-19(13-28)10-20(9-18)14-28/h1-5,11,18-20H,6-10,12-16,29H2,(H,31,33). The Bertz CT molecular complexity index is 1230. The molecule has 2 aromatic heterocycles. The minimum Gasteiger partial charge on any atom is -0.397 e. The molecule has 3 aromatic rings. The lowest BCUT2D eigenvalue weighted by molar-refractivity contribution is -0.0166. The third-order valence-corrected chi connectivity index (χ3v) is 9.93. The minimum absolute atomic E-state index is 0.000939. The molecule has 0 atom stereocenters. The van der Waals surface area contributed by atoms with Gasteiger partial charge in [0.2, 0.25) is 0 Å². The molecule has 5 nitrogen and oxygen atoms in total. The van der Waals surface area contributed by atoms with Gasteiger partial charge < -0.3 is 11.1 Å². The first-order valence-electron chi connectivity index (χ1n) is 12.8. The van der Waals surface area contributed by atoms with E-state index in [9.17, 15) is 4.79 Å². The molecule has 1 aliphatic heterocycles. The van der Waals surface area contributed by atoms with Crippen LogP contribution in [0.2, 0.25) is 0 Å². The monoisotopic (exact) mass is 472 g/mol. The van der Waals surface area contributed by atoms with Crippen LogP contribution in [-0.2, 0) is 19.5 Å². The second-order valence-corrected chi connectivity index (χ2v) is 12.4. The maximum absolute atomic E-state index is 13.5. The molecule has 0 saturated heterocycles. The number of thiophene rings is 1. The van der Waals surface area contributed by atoms with Crippen LogP contribution >= 0.6 is 11.3 Å². The Hall–Kier alpha value is -2.44. The van der Waals surface area contributed by atoms with Gasteiger partial charge in [-0.25, -0.2) is 4.98 Å². The number of pyridine rings is 1. The second-order valence-electron chi connectivity index (χ2n) is 11.4. The number of carbonyl (C=O) groups excluding carboxylic acids is 1. The first-order chi connectivity index (χ1) is 16.5.